The highest BCUT2D eigenvalue weighted by molar-refractivity contribution is 6.04. The zero-order chi connectivity index (χ0) is 29.5. The van der Waals surface area contributed by atoms with Crippen molar-refractivity contribution in [3.05, 3.63) is 90.5 Å². The van der Waals surface area contributed by atoms with Gasteiger partial charge in [0, 0.05) is 66.9 Å². The summed E-state index contributed by atoms with van der Waals surface area (Å²) in [4.78, 5) is 39.5. The third-order valence-corrected chi connectivity index (χ3v) is 9.31. The maximum Gasteiger partial charge on any atom is 0.255 e. The molecule has 9 heteroatoms. The molecule has 3 aliphatic rings. The normalized spacial score (nSPS) is 21.6. The topological polar surface area (TPSA) is 109 Å². The van der Waals surface area contributed by atoms with E-state index in [9.17, 15) is 9.59 Å². The molecule has 9 nitrogen and oxygen atoms in total. The fraction of sp³-hybridized carbons (Fsp3) is 0.353. The molecular formula is C34H37N7O2. The molecule has 2 aromatic carbocycles. The molecule has 7 rings (SSSR count). The van der Waals surface area contributed by atoms with Gasteiger partial charge in [-0.3, -0.25) is 18.9 Å². The van der Waals surface area contributed by atoms with Crippen LogP contribution >= 0.6 is 0 Å². The van der Waals surface area contributed by atoms with Gasteiger partial charge in [-0.05, 0) is 68.8 Å². The van der Waals surface area contributed by atoms with E-state index >= 15 is 0 Å². The Kier molecular flexibility index (Phi) is 7.18. The predicted molar refractivity (Wildman–Crippen MR) is 168 cm³/mol. The molecule has 1 aliphatic heterocycles. The van der Waals surface area contributed by atoms with E-state index in [-0.39, 0.29) is 17.7 Å². The Morgan fingerprint density at radius 1 is 1.05 bits per heavy atom. The highest BCUT2D eigenvalue weighted by Gasteiger charge is 2.43. The molecule has 2 saturated carbocycles. The third kappa shape index (κ3) is 5.52. The van der Waals surface area contributed by atoms with E-state index in [0.29, 0.717) is 29.3 Å². The van der Waals surface area contributed by atoms with Crippen LogP contribution in [0.3, 0.4) is 0 Å². The Morgan fingerprint density at radius 2 is 1.77 bits per heavy atom. The van der Waals surface area contributed by atoms with Gasteiger partial charge in [0.1, 0.15) is 22.9 Å². The van der Waals surface area contributed by atoms with Crippen LogP contribution in [0.5, 0.6) is 0 Å². The summed E-state index contributed by atoms with van der Waals surface area (Å²) >= 11 is 0. The number of benzene rings is 2. The van der Waals surface area contributed by atoms with Gasteiger partial charge in [-0.15, -0.1) is 0 Å². The number of nitrogens with one attached hydrogen (secondary N) is 1. The van der Waals surface area contributed by atoms with Gasteiger partial charge < -0.3 is 16.0 Å². The number of imidazole rings is 1. The van der Waals surface area contributed by atoms with Crippen LogP contribution in [0, 0.1) is 11.8 Å². The molecule has 0 radical (unpaired) electrons. The minimum atomic E-state index is -0.166. The zero-order valence-electron chi connectivity index (χ0n) is 24.4. The Morgan fingerprint density at radius 3 is 2.47 bits per heavy atom. The van der Waals surface area contributed by atoms with Crippen molar-refractivity contribution in [2.24, 2.45) is 11.8 Å². The molecule has 43 heavy (non-hydrogen) atoms. The van der Waals surface area contributed by atoms with E-state index in [1.807, 2.05) is 71.8 Å². The molecule has 2 aliphatic carbocycles. The van der Waals surface area contributed by atoms with Crippen molar-refractivity contribution in [1.29, 1.82) is 0 Å². The first-order valence-electron chi connectivity index (χ1n) is 15.2. The fourth-order valence-corrected chi connectivity index (χ4v) is 6.86. The number of nitrogens with two attached hydrogens (primary N) is 1. The van der Waals surface area contributed by atoms with Crippen molar-refractivity contribution < 1.29 is 9.59 Å². The number of hydrogen-bond acceptors (Lipinski definition) is 6. The summed E-state index contributed by atoms with van der Waals surface area (Å²) in [5, 5.41) is 2.93. The number of nitrogens with zero attached hydrogens (tertiary/aromatic N) is 5. The van der Waals surface area contributed by atoms with Crippen molar-refractivity contribution >= 4 is 28.8 Å². The monoisotopic (exact) mass is 575 g/mol. The number of nitrogen functional groups attached to an aromatic ring is 1. The van der Waals surface area contributed by atoms with E-state index in [2.05, 4.69) is 26.6 Å². The second kappa shape index (κ2) is 11.3. The molecule has 2 atom stereocenters. The smallest absolute Gasteiger partial charge is 0.255 e. The lowest BCUT2D eigenvalue weighted by molar-refractivity contribution is -0.125. The largest absolute Gasteiger partial charge is 0.382 e. The molecule has 1 saturated heterocycles. The van der Waals surface area contributed by atoms with Crippen molar-refractivity contribution in [2.75, 3.05) is 37.7 Å². The van der Waals surface area contributed by atoms with Crippen LogP contribution in [0.1, 0.15) is 47.8 Å². The van der Waals surface area contributed by atoms with Crippen LogP contribution in [-0.2, 0) is 4.79 Å². The van der Waals surface area contributed by atoms with E-state index in [4.69, 9.17) is 10.7 Å². The van der Waals surface area contributed by atoms with Gasteiger partial charge >= 0.3 is 0 Å². The van der Waals surface area contributed by atoms with Gasteiger partial charge in [-0.1, -0.05) is 36.4 Å². The van der Waals surface area contributed by atoms with Gasteiger partial charge in [0.2, 0.25) is 5.91 Å². The summed E-state index contributed by atoms with van der Waals surface area (Å²) in [6, 6.07) is 17.6. The van der Waals surface area contributed by atoms with Gasteiger partial charge in [-0.25, -0.2) is 9.97 Å². The molecule has 2 amide bonds. The van der Waals surface area contributed by atoms with E-state index < -0.39 is 0 Å². The number of amides is 2. The second-order valence-corrected chi connectivity index (χ2v) is 12.3. The van der Waals surface area contributed by atoms with Crippen LogP contribution in [0.15, 0.2) is 79.1 Å². The number of para-hydroxylation sites is 1. The molecule has 0 spiro atoms. The molecule has 3 fully saturated rings. The molecule has 2 unspecified atom stereocenters. The predicted octanol–water partition coefficient (Wildman–Crippen LogP) is 4.83. The van der Waals surface area contributed by atoms with Gasteiger partial charge in [0.25, 0.3) is 5.91 Å². The molecule has 0 bridgehead atoms. The average Bonchev–Trinajstić information content (AvgIpc) is 3.51. The number of aromatic nitrogens is 3. The number of anilines is 2. The highest BCUT2D eigenvalue weighted by atomic mass is 16.2. The van der Waals surface area contributed by atoms with E-state index in [1.165, 1.54) is 12.8 Å². The zero-order valence-corrected chi connectivity index (χ0v) is 24.4. The molecule has 3 N–H and O–H groups in total. The molecular weight excluding hydrogens is 538 g/mol. The number of carbonyl (C=O) groups is 2. The highest BCUT2D eigenvalue weighted by Crippen LogP contribution is 2.47. The third-order valence-electron chi connectivity index (χ3n) is 9.31. The lowest BCUT2D eigenvalue weighted by Gasteiger charge is -2.18. The molecule has 2 aromatic heterocycles. The number of likely N-dealkylation sites (N-methyl/N-ethyl adjacent to an activating group) is 1. The van der Waals surface area contributed by atoms with E-state index in [1.54, 1.807) is 12.3 Å². The maximum absolute atomic E-state index is 12.9. The van der Waals surface area contributed by atoms with Crippen molar-refractivity contribution in [3.8, 4) is 11.3 Å². The summed E-state index contributed by atoms with van der Waals surface area (Å²) in [6.45, 7) is 2.43. The lowest BCUT2D eigenvalue weighted by Crippen LogP contribution is -2.28. The Bertz CT molecular complexity index is 1660. The number of carbonyl (C=O) groups excluding carboxylic acids is 2. The Hall–Kier alpha value is -4.50. The van der Waals surface area contributed by atoms with Crippen molar-refractivity contribution in [2.45, 2.75) is 37.6 Å². The average molecular weight is 576 g/mol. The summed E-state index contributed by atoms with van der Waals surface area (Å²) in [6.07, 6.45) is 11.9. The summed E-state index contributed by atoms with van der Waals surface area (Å²) in [5.41, 5.74) is 10.2. The number of rotatable bonds is 8. The van der Waals surface area contributed by atoms with Crippen molar-refractivity contribution in [3.63, 3.8) is 0 Å². The van der Waals surface area contributed by atoms with E-state index in [0.717, 1.165) is 60.8 Å². The van der Waals surface area contributed by atoms with Crippen LogP contribution in [0.4, 0.5) is 11.5 Å². The van der Waals surface area contributed by atoms with Gasteiger partial charge in [0.05, 0.1) is 0 Å². The standard InChI is InChI=1S/C34H37N7O2/c1-39(28-13-14-28)16-5-8-29(42)40-20-25-18-24(19-26(25)21-40)33-38-30(31-32(35)36-15-17-41(31)33)22-9-11-23(12-10-22)34(43)37-27-6-3-2-4-7-27/h2-12,15,17,24-26,28H,13-14,16,18-21H2,1H3,(H2,35,36)(H,37,43)/b8-5+. The summed E-state index contributed by atoms with van der Waals surface area (Å²) in [7, 11) is 2.13. The molecule has 3 heterocycles. The number of hydrogen-bond donors (Lipinski definition) is 2. The summed E-state index contributed by atoms with van der Waals surface area (Å²) in [5.74, 6) is 2.58. The first kappa shape index (κ1) is 27.3. The van der Waals surface area contributed by atoms with Crippen LogP contribution in [0.2, 0.25) is 0 Å². The van der Waals surface area contributed by atoms with Crippen LogP contribution in [-0.4, -0.2) is 68.7 Å². The molecule has 4 aromatic rings. The Labute approximate surface area is 251 Å². The quantitative estimate of drug-likeness (QED) is 0.291. The van der Waals surface area contributed by atoms with Gasteiger partial charge in [0.15, 0.2) is 0 Å². The van der Waals surface area contributed by atoms with Crippen molar-refractivity contribution in [1.82, 2.24) is 24.2 Å². The SMILES string of the molecule is CN(C/C=C/C(=O)N1CC2CC(c3nc(-c4ccc(C(=O)Nc5ccccc5)cc4)c4c(N)nccn34)CC2C1)C1CC1. The maximum atomic E-state index is 12.9. The number of likely N-dealkylation sites (tertiary alicyclic amines) is 1. The minimum Gasteiger partial charge on any atom is -0.382 e. The van der Waals surface area contributed by atoms with Gasteiger partial charge in [-0.2, -0.15) is 0 Å². The first-order valence-corrected chi connectivity index (χ1v) is 15.2. The van der Waals surface area contributed by atoms with Crippen LogP contribution < -0.4 is 11.1 Å². The molecule has 220 valence electrons. The first-order chi connectivity index (χ1) is 20.9. The summed E-state index contributed by atoms with van der Waals surface area (Å²) < 4.78 is 2.08. The minimum absolute atomic E-state index is 0.128. The lowest BCUT2D eigenvalue weighted by atomic mass is 10.0. The Balaban J connectivity index is 1.06. The second-order valence-electron chi connectivity index (χ2n) is 12.3. The fourth-order valence-electron chi connectivity index (χ4n) is 6.86. The van der Waals surface area contributed by atoms with Crippen LogP contribution in [0.25, 0.3) is 16.8 Å². The number of fused-ring (bicyclic) bond motifs is 2.